The second kappa shape index (κ2) is 7.31. The number of carbonyl (C=O) groups excluding carboxylic acids is 4. The zero-order valence-corrected chi connectivity index (χ0v) is 20.7. The lowest BCUT2D eigenvalue weighted by atomic mass is 9.52. The van der Waals surface area contributed by atoms with E-state index in [2.05, 4.69) is 0 Å². The van der Waals surface area contributed by atoms with Crippen molar-refractivity contribution in [3.63, 3.8) is 0 Å². The first-order valence-corrected chi connectivity index (χ1v) is 12.7. The van der Waals surface area contributed by atoms with Crippen LogP contribution in [0.25, 0.3) is 0 Å². The number of ether oxygens (including phenoxy) is 3. The van der Waals surface area contributed by atoms with Gasteiger partial charge in [-0.3, -0.25) is 19.3 Å². The molecule has 6 atom stereocenters. The van der Waals surface area contributed by atoms with Crippen molar-refractivity contribution in [3.8, 4) is 0 Å². The van der Waals surface area contributed by atoms with E-state index in [9.17, 15) is 24.3 Å². The van der Waals surface area contributed by atoms with Gasteiger partial charge < -0.3 is 19.3 Å². The summed E-state index contributed by atoms with van der Waals surface area (Å²) in [5, 5.41) is 12.6. The zero-order valence-electron chi connectivity index (χ0n) is 20.7. The number of carbonyl (C=O) groups is 4. The molecule has 5 aliphatic rings. The Hall–Kier alpha value is -2.94. The number of amides is 1. The highest BCUT2D eigenvalue weighted by Gasteiger charge is 2.94. The van der Waals surface area contributed by atoms with Crippen molar-refractivity contribution < 1.29 is 38.5 Å². The average molecular weight is 498 g/mol. The molecule has 9 nitrogen and oxygen atoms in total. The number of hydrogen-bond donors (Lipinski definition) is 1. The number of nitrogens with zero attached hydrogens (tertiary/aromatic N) is 1. The molecule has 2 saturated carbocycles. The topological polar surface area (TPSA) is 119 Å². The molecule has 2 aliphatic carbocycles. The maximum Gasteiger partial charge on any atom is 0.338 e. The Bertz CT molecular complexity index is 1150. The fourth-order valence-corrected chi connectivity index (χ4v) is 7.85. The summed E-state index contributed by atoms with van der Waals surface area (Å²) >= 11 is 0. The third kappa shape index (κ3) is 2.54. The Labute approximate surface area is 209 Å². The smallest absolute Gasteiger partial charge is 0.338 e. The molecule has 1 aromatic carbocycles. The van der Waals surface area contributed by atoms with Gasteiger partial charge in [-0.1, -0.05) is 51.8 Å². The van der Waals surface area contributed by atoms with Gasteiger partial charge in [0.25, 0.3) is 5.91 Å². The highest BCUT2D eigenvalue weighted by Crippen LogP contribution is 2.76. The second-order valence-electron chi connectivity index (χ2n) is 11.9. The molecule has 3 heterocycles. The van der Waals surface area contributed by atoms with Gasteiger partial charge in [-0.15, -0.1) is 0 Å². The molecule has 3 saturated heterocycles. The molecule has 0 radical (unpaired) electrons. The summed E-state index contributed by atoms with van der Waals surface area (Å²) in [6.07, 6.45) is -0.810. The maximum atomic E-state index is 14.2. The molecule has 1 unspecified atom stereocenters. The van der Waals surface area contributed by atoms with E-state index in [4.69, 9.17) is 14.2 Å². The third-order valence-electron chi connectivity index (χ3n) is 9.46. The molecule has 0 bridgehead atoms. The molecule has 2 spiro atoms. The van der Waals surface area contributed by atoms with Crippen molar-refractivity contribution in [3.05, 3.63) is 35.9 Å². The van der Waals surface area contributed by atoms with Gasteiger partial charge in [0.05, 0.1) is 17.6 Å². The summed E-state index contributed by atoms with van der Waals surface area (Å²) in [4.78, 5) is 55.5. The van der Waals surface area contributed by atoms with Gasteiger partial charge in [-0.25, -0.2) is 4.79 Å². The lowest BCUT2D eigenvalue weighted by Crippen LogP contribution is -2.66. The lowest BCUT2D eigenvalue weighted by Gasteiger charge is -2.51. The van der Waals surface area contributed by atoms with E-state index in [-0.39, 0.29) is 24.4 Å². The minimum absolute atomic E-state index is 0.0565. The van der Waals surface area contributed by atoms with Gasteiger partial charge in [0, 0.05) is 12.5 Å². The summed E-state index contributed by atoms with van der Waals surface area (Å²) in [6, 6.07) is 8.06. The zero-order chi connectivity index (χ0) is 25.7. The largest absolute Gasteiger partial charge is 0.461 e. The van der Waals surface area contributed by atoms with E-state index in [1.54, 1.807) is 30.3 Å². The molecular formula is C27H31NO8. The predicted molar refractivity (Wildman–Crippen MR) is 123 cm³/mol. The Morgan fingerprint density at radius 1 is 1.08 bits per heavy atom. The van der Waals surface area contributed by atoms with E-state index in [1.807, 2.05) is 20.8 Å². The van der Waals surface area contributed by atoms with E-state index in [1.165, 1.54) is 4.90 Å². The third-order valence-corrected chi connectivity index (χ3v) is 9.46. The van der Waals surface area contributed by atoms with Crippen molar-refractivity contribution in [1.82, 2.24) is 4.90 Å². The van der Waals surface area contributed by atoms with Crippen LogP contribution in [0.3, 0.4) is 0 Å². The molecule has 1 N–H and O–H groups in total. The Morgan fingerprint density at radius 2 is 1.75 bits per heavy atom. The van der Waals surface area contributed by atoms with E-state index in [0.29, 0.717) is 0 Å². The van der Waals surface area contributed by atoms with Gasteiger partial charge in [-0.2, -0.15) is 0 Å². The highest BCUT2D eigenvalue weighted by atomic mass is 16.6. The predicted octanol–water partition coefficient (Wildman–Crippen LogP) is 2.35. The summed E-state index contributed by atoms with van der Waals surface area (Å²) in [5.41, 5.74) is -5.72. The van der Waals surface area contributed by atoms with Crippen molar-refractivity contribution in [2.45, 2.75) is 89.4 Å². The lowest BCUT2D eigenvalue weighted by molar-refractivity contribution is -0.213. The summed E-state index contributed by atoms with van der Waals surface area (Å²) < 4.78 is 17.6. The number of likely N-dealkylation sites (tertiary alicyclic amines) is 1. The molecule has 3 aliphatic heterocycles. The number of esters is 3. The SMILES string of the molecule is CC(C)(C)[C@]1(O)C[C@@H]2OC(=O)C[C@@]23C(=O)O[C@@H]2N(C4CCCC4)C(=O)[C@H](OC(=O)c4ccccc4)C213. The standard InChI is InChI=1S/C27H31NO8/c1-24(2,3)26(33)13-17-25(14-18(29)34-17)23(32)36-22-27(25,26)19(20(30)28(22)16-11-7-8-12-16)35-21(31)15-9-5-4-6-10-15/h4-6,9-10,16-17,19,22,33H,7-8,11-14H2,1-3H3/t17-,19-,22-,25-,26+,27?/m0/s1. The molecule has 1 amide bonds. The Kier molecular flexibility index (Phi) is 4.76. The number of hydrogen-bond acceptors (Lipinski definition) is 8. The van der Waals surface area contributed by atoms with Crippen LogP contribution in [0.5, 0.6) is 0 Å². The molecule has 0 aromatic heterocycles. The first-order chi connectivity index (χ1) is 17.0. The van der Waals surface area contributed by atoms with Gasteiger partial charge in [0.2, 0.25) is 0 Å². The molecule has 1 aromatic rings. The number of benzene rings is 1. The molecular weight excluding hydrogens is 466 g/mol. The van der Waals surface area contributed by atoms with Gasteiger partial charge in [-0.05, 0) is 30.4 Å². The number of rotatable bonds is 3. The first kappa shape index (κ1) is 23.5. The normalized spacial score (nSPS) is 39.6. The van der Waals surface area contributed by atoms with Crippen molar-refractivity contribution in [1.29, 1.82) is 0 Å². The Morgan fingerprint density at radius 3 is 2.39 bits per heavy atom. The van der Waals surface area contributed by atoms with Crippen molar-refractivity contribution in [2.24, 2.45) is 16.2 Å². The van der Waals surface area contributed by atoms with Crippen LogP contribution in [0.4, 0.5) is 0 Å². The summed E-state index contributed by atoms with van der Waals surface area (Å²) in [7, 11) is 0. The van der Waals surface area contributed by atoms with E-state index < -0.39 is 64.1 Å². The van der Waals surface area contributed by atoms with Crippen LogP contribution >= 0.6 is 0 Å². The Balaban J connectivity index is 1.59. The molecule has 192 valence electrons. The quantitative estimate of drug-likeness (QED) is 0.499. The van der Waals surface area contributed by atoms with Crippen LogP contribution in [0, 0.1) is 16.2 Å². The van der Waals surface area contributed by atoms with Crippen molar-refractivity contribution >= 4 is 23.8 Å². The molecule has 9 heteroatoms. The van der Waals surface area contributed by atoms with Gasteiger partial charge in [0.15, 0.2) is 12.3 Å². The number of aliphatic hydroxyl groups is 1. The van der Waals surface area contributed by atoms with E-state index in [0.717, 1.165) is 25.7 Å². The summed E-state index contributed by atoms with van der Waals surface area (Å²) in [5.74, 6) is -2.51. The van der Waals surface area contributed by atoms with Crippen LogP contribution < -0.4 is 0 Å². The second-order valence-corrected chi connectivity index (χ2v) is 11.9. The van der Waals surface area contributed by atoms with Gasteiger partial charge in [0.1, 0.15) is 16.9 Å². The van der Waals surface area contributed by atoms with Crippen LogP contribution in [0.2, 0.25) is 0 Å². The van der Waals surface area contributed by atoms with E-state index >= 15 is 0 Å². The first-order valence-electron chi connectivity index (χ1n) is 12.7. The van der Waals surface area contributed by atoms with Crippen LogP contribution in [-0.4, -0.2) is 63.9 Å². The average Bonchev–Trinajstić information content (AvgIpc) is 3.58. The molecule has 5 fully saturated rings. The van der Waals surface area contributed by atoms with Crippen LogP contribution in [0.1, 0.15) is 69.7 Å². The summed E-state index contributed by atoms with van der Waals surface area (Å²) in [6.45, 7) is 5.45. The highest BCUT2D eigenvalue weighted by molar-refractivity contribution is 5.99. The van der Waals surface area contributed by atoms with Gasteiger partial charge >= 0.3 is 17.9 Å². The van der Waals surface area contributed by atoms with Crippen molar-refractivity contribution in [2.75, 3.05) is 0 Å². The van der Waals surface area contributed by atoms with Crippen LogP contribution in [0.15, 0.2) is 30.3 Å². The minimum atomic E-state index is -1.73. The monoisotopic (exact) mass is 497 g/mol. The fourth-order valence-electron chi connectivity index (χ4n) is 7.85. The molecule has 6 rings (SSSR count). The minimum Gasteiger partial charge on any atom is -0.461 e. The van der Waals surface area contributed by atoms with Crippen LogP contribution in [-0.2, 0) is 28.6 Å². The maximum absolute atomic E-state index is 14.2. The molecule has 36 heavy (non-hydrogen) atoms. The fraction of sp³-hybridized carbons (Fsp3) is 0.630.